The van der Waals surface area contributed by atoms with Gasteiger partial charge in [0.1, 0.15) is 5.01 Å². The van der Waals surface area contributed by atoms with E-state index in [9.17, 15) is 14.4 Å². The van der Waals surface area contributed by atoms with E-state index in [2.05, 4.69) is 22.4 Å². The van der Waals surface area contributed by atoms with Crippen LogP contribution in [0.1, 0.15) is 79.2 Å². The van der Waals surface area contributed by atoms with Crippen LogP contribution in [0.4, 0.5) is 5.13 Å². The van der Waals surface area contributed by atoms with Crippen molar-refractivity contribution in [2.24, 2.45) is 0 Å². The summed E-state index contributed by atoms with van der Waals surface area (Å²) >= 11 is 1.41. The summed E-state index contributed by atoms with van der Waals surface area (Å²) in [5, 5.41) is 12.5. The van der Waals surface area contributed by atoms with Gasteiger partial charge in [-0.2, -0.15) is 0 Å². The molecule has 3 rings (SSSR count). The maximum atomic E-state index is 12.5. The third-order valence-electron chi connectivity index (χ3n) is 5.14. The maximum Gasteiger partial charge on any atom is 0.257 e. The first kappa shape index (κ1) is 22.1. The monoisotopic (exact) mass is 428 g/mol. The van der Waals surface area contributed by atoms with Crippen molar-refractivity contribution in [2.45, 2.75) is 71.3 Å². The van der Waals surface area contributed by atoms with Gasteiger partial charge >= 0.3 is 0 Å². The Morgan fingerprint density at radius 3 is 2.37 bits per heavy atom. The molecule has 30 heavy (non-hydrogen) atoms. The number of carbonyl (C=O) groups is 3. The highest BCUT2D eigenvalue weighted by Gasteiger charge is 2.28. The highest BCUT2D eigenvalue weighted by molar-refractivity contribution is 7.15. The third kappa shape index (κ3) is 6.19. The first-order valence-electron chi connectivity index (χ1n) is 10.6. The van der Waals surface area contributed by atoms with Gasteiger partial charge in [0.15, 0.2) is 0 Å². The summed E-state index contributed by atoms with van der Waals surface area (Å²) in [5.74, 6) is -0.540. The van der Waals surface area contributed by atoms with Gasteiger partial charge in [0.2, 0.25) is 16.9 Å². The SMILES string of the molecule is CCCCCCCCc1nnc(NC(=O)c2ccc(CN3C(=O)CCC3=O)cc2)s1. The fourth-order valence-electron chi connectivity index (χ4n) is 3.37. The van der Waals surface area contributed by atoms with Crippen LogP contribution in [0, 0.1) is 0 Å². The molecule has 8 heteroatoms. The molecule has 0 radical (unpaired) electrons. The van der Waals surface area contributed by atoms with Crippen LogP contribution in [0.5, 0.6) is 0 Å². The van der Waals surface area contributed by atoms with Crippen LogP contribution in [-0.2, 0) is 22.6 Å². The number of nitrogens with zero attached hydrogens (tertiary/aromatic N) is 3. The molecule has 0 unspecified atom stereocenters. The van der Waals surface area contributed by atoms with Crippen LogP contribution in [0.15, 0.2) is 24.3 Å². The number of likely N-dealkylation sites (tertiary alicyclic amines) is 1. The molecule has 0 saturated carbocycles. The Bertz CT molecular complexity index is 863. The Morgan fingerprint density at radius 2 is 1.67 bits per heavy atom. The number of rotatable bonds is 11. The summed E-state index contributed by atoms with van der Waals surface area (Å²) in [6.45, 7) is 2.46. The molecular formula is C22H28N4O3S. The first-order chi connectivity index (χ1) is 14.6. The lowest BCUT2D eigenvalue weighted by atomic mass is 10.1. The van der Waals surface area contributed by atoms with E-state index in [1.54, 1.807) is 24.3 Å². The van der Waals surface area contributed by atoms with Gasteiger partial charge in [-0.3, -0.25) is 24.6 Å². The Balaban J connectivity index is 1.46. The number of unbranched alkanes of at least 4 members (excludes halogenated alkanes) is 5. The number of carbonyl (C=O) groups excluding carboxylic acids is 3. The maximum absolute atomic E-state index is 12.5. The highest BCUT2D eigenvalue weighted by atomic mass is 32.1. The number of benzene rings is 1. The van der Waals surface area contributed by atoms with Crippen molar-refractivity contribution in [1.29, 1.82) is 0 Å². The molecule has 0 aliphatic carbocycles. The molecule has 1 aromatic carbocycles. The third-order valence-corrected chi connectivity index (χ3v) is 6.04. The van der Waals surface area contributed by atoms with Crippen LogP contribution in [0.25, 0.3) is 0 Å². The van der Waals surface area contributed by atoms with E-state index in [1.165, 1.54) is 48.3 Å². The van der Waals surface area contributed by atoms with E-state index in [0.29, 0.717) is 10.7 Å². The van der Waals surface area contributed by atoms with E-state index in [0.717, 1.165) is 23.4 Å². The number of aromatic nitrogens is 2. The van der Waals surface area contributed by atoms with Crippen molar-refractivity contribution in [1.82, 2.24) is 15.1 Å². The van der Waals surface area contributed by atoms with E-state index < -0.39 is 0 Å². The lowest BCUT2D eigenvalue weighted by Crippen LogP contribution is -2.28. The number of nitrogens with one attached hydrogen (secondary N) is 1. The van der Waals surface area contributed by atoms with E-state index in [4.69, 9.17) is 0 Å². The van der Waals surface area contributed by atoms with Crippen LogP contribution in [0.3, 0.4) is 0 Å². The Hall–Kier alpha value is -2.61. The average molecular weight is 429 g/mol. The molecule has 0 bridgehead atoms. The van der Waals surface area contributed by atoms with Gasteiger partial charge in [-0.25, -0.2) is 0 Å². The molecule has 2 heterocycles. The molecule has 1 aliphatic heterocycles. The molecule has 1 aliphatic rings. The fourth-order valence-corrected chi connectivity index (χ4v) is 4.15. The number of anilines is 1. The fraction of sp³-hybridized carbons (Fsp3) is 0.500. The van der Waals surface area contributed by atoms with Gasteiger partial charge in [-0.1, -0.05) is 62.5 Å². The summed E-state index contributed by atoms with van der Waals surface area (Å²) in [5.41, 5.74) is 1.30. The first-order valence-corrected chi connectivity index (χ1v) is 11.4. The molecule has 3 amide bonds. The Morgan fingerprint density at radius 1 is 1.00 bits per heavy atom. The lowest BCUT2D eigenvalue weighted by molar-refractivity contribution is -0.139. The van der Waals surface area contributed by atoms with Crippen molar-refractivity contribution in [2.75, 3.05) is 5.32 Å². The number of imide groups is 1. The summed E-state index contributed by atoms with van der Waals surface area (Å²) < 4.78 is 0. The quantitative estimate of drug-likeness (QED) is 0.424. The van der Waals surface area contributed by atoms with Gasteiger partial charge in [0.05, 0.1) is 6.54 Å². The standard InChI is InChI=1S/C22H28N4O3S/c1-2-3-4-5-6-7-8-18-24-25-22(30-18)23-21(29)17-11-9-16(10-12-17)15-26-19(27)13-14-20(26)28/h9-12H,2-8,13-15H2,1H3,(H,23,25,29). The summed E-state index contributed by atoms with van der Waals surface area (Å²) in [4.78, 5) is 37.2. The second kappa shape index (κ2) is 11.0. The number of hydrogen-bond donors (Lipinski definition) is 1. The number of amides is 3. The highest BCUT2D eigenvalue weighted by Crippen LogP contribution is 2.20. The van der Waals surface area contributed by atoms with Gasteiger partial charge in [0.25, 0.3) is 5.91 Å². The topological polar surface area (TPSA) is 92.3 Å². The van der Waals surface area contributed by atoms with Gasteiger partial charge < -0.3 is 0 Å². The van der Waals surface area contributed by atoms with Crippen molar-refractivity contribution in [3.63, 3.8) is 0 Å². The second-order valence-corrected chi connectivity index (χ2v) is 8.61. The zero-order valence-corrected chi connectivity index (χ0v) is 18.2. The number of aryl methyl sites for hydroxylation is 1. The Labute approximate surface area is 180 Å². The van der Waals surface area contributed by atoms with E-state index >= 15 is 0 Å². The van der Waals surface area contributed by atoms with Crippen LogP contribution in [-0.4, -0.2) is 32.8 Å². The molecule has 1 N–H and O–H groups in total. The molecule has 1 aromatic heterocycles. The molecule has 0 spiro atoms. The predicted molar refractivity (Wildman–Crippen MR) is 116 cm³/mol. The second-order valence-electron chi connectivity index (χ2n) is 7.54. The zero-order valence-electron chi connectivity index (χ0n) is 17.4. The minimum absolute atomic E-state index is 0.144. The van der Waals surface area contributed by atoms with Gasteiger partial charge in [-0.15, -0.1) is 10.2 Å². The Kier molecular flexibility index (Phi) is 8.07. The van der Waals surface area contributed by atoms with Gasteiger partial charge in [-0.05, 0) is 24.1 Å². The van der Waals surface area contributed by atoms with E-state index in [-0.39, 0.29) is 37.1 Å². The summed E-state index contributed by atoms with van der Waals surface area (Å²) in [7, 11) is 0. The predicted octanol–water partition coefficient (Wildman–Crippen LogP) is 4.34. The van der Waals surface area contributed by atoms with Crippen molar-refractivity contribution < 1.29 is 14.4 Å². The molecule has 7 nitrogen and oxygen atoms in total. The van der Waals surface area contributed by atoms with Gasteiger partial charge in [0, 0.05) is 24.8 Å². The molecule has 1 fully saturated rings. The van der Waals surface area contributed by atoms with Crippen LogP contribution >= 0.6 is 11.3 Å². The van der Waals surface area contributed by atoms with Crippen LogP contribution < -0.4 is 5.32 Å². The van der Waals surface area contributed by atoms with Crippen LogP contribution in [0.2, 0.25) is 0 Å². The number of hydrogen-bond acceptors (Lipinski definition) is 6. The lowest BCUT2D eigenvalue weighted by Gasteiger charge is -2.13. The molecule has 2 aromatic rings. The normalized spacial score (nSPS) is 13.8. The van der Waals surface area contributed by atoms with E-state index in [1.807, 2.05) is 0 Å². The largest absolute Gasteiger partial charge is 0.296 e. The minimum Gasteiger partial charge on any atom is -0.296 e. The molecule has 1 saturated heterocycles. The molecule has 160 valence electrons. The zero-order chi connectivity index (χ0) is 21.3. The smallest absolute Gasteiger partial charge is 0.257 e. The van der Waals surface area contributed by atoms with Crippen molar-refractivity contribution in [3.05, 3.63) is 40.4 Å². The van der Waals surface area contributed by atoms with Crippen molar-refractivity contribution >= 4 is 34.2 Å². The summed E-state index contributed by atoms with van der Waals surface area (Å²) in [6, 6.07) is 6.90. The summed E-state index contributed by atoms with van der Waals surface area (Å²) in [6.07, 6.45) is 8.83. The molecule has 0 atom stereocenters. The molecular weight excluding hydrogens is 400 g/mol. The minimum atomic E-state index is -0.253. The average Bonchev–Trinajstić information content (AvgIpc) is 3.32. The van der Waals surface area contributed by atoms with Crippen molar-refractivity contribution in [3.8, 4) is 0 Å².